The quantitative estimate of drug-likeness (QED) is 0.713. The van der Waals surface area contributed by atoms with Crippen LogP contribution >= 0.6 is 0 Å². The van der Waals surface area contributed by atoms with Gasteiger partial charge in [-0.25, -0.2) is 4.39 Å². The predicted octanol–water partition coefficient (Wildman–Crippen LogP) is 2.41. The number of carbonyl (C=O) groups excluding carboxylic acids is 1. The minimum absolute atomic E-state index is 0.144. The summed E-state index contributed by atoms with van der Waals surface area (Å²) in [6.07, 6.45) is 0. The Morgan fingerprint density at radius 2 is 1.88 bits per heavy atom. The third kappa shape index (κ3) is 1.60. The van der Waals surface area contributed by atoms with Gasteiger partial charge in [0.05, 0.1) is 5.41 Å². The fourth-order valence-corrected chi connectivity index (χ4v) is 2.44. The molecule has 0 aliphatic carbocycles. The number of amides is 1. The highest BCUT2D eigenvalue weighted by Crippen LogP contribution is 2.42. The maximum Gasteiger partial charge on any atom is 0.228 e. The summed E-state index contributed by atoms with van der Waals surface area (Å²) in [5.74, 6) is 0.0617. The summed E-state index contributed by atoms with van der Waals surface area (Å²) in [6, 6.07) is 6.45. The average molecular weight is 221 g/mol. The van der Waals surface area contributed by atoms with Crippen molar-refractivity contribution in [3.8, 4) is 0 Å². The topological polar surface area (TPSA) is 20.3 Å². The second-order valence-electron chi connectivity index (χ2n) is 5.01. The van der Waals surface area contributed by atoms with E-state index in [0.717, 1.165) is 5.56 Å². The van der Waals surface area contributed by atoms with Crippen molar-refractivity contribution < 1.29 is 9.18 Å². The zero-order valence-corrected chi connectivity index (χ0v) is 9.83. The van der Waals surface area contributed by atoms with Crippen molar-refractivity contribution in [2.75, 3.05) is 13.6 Å². The van der Waals surface area contributed by atoms with Gasteiger partial charge in [0, 0.05) is 19.5 Å². The Labute approximate surface area is 95.1 Å². The lowest BCUT2D eigenvalue weighted by Gasteiger charge is -2.23. The summed E-state index contributed by atoms with van der Waals surface area (Å²) in [5.41, 5.74) is 0.635. The summed E-state index contributed by atoms with van der Waals surface area (Å²) in [7, 11) is 1.81. The van der Waals surface area contributed by atoms with Crippen molar-refractivity contribution in [1.82, 2.24) is 4.90 Å². The molecule has 2 rings (SSSR count). The number of nitrogens with zero attached hydrogens (tertiary/aromatic N) is 1. The van der Waals surface area contributed by atoms with Crippen LogP contribution in [0.3, 0.4) is 0 Å². The molecule has 16 heavy (non-hydrogen) atoms. The average Bonchev–Trinajstić information content (AvgIpc) is 2.44. The Hall–Kier alpha value is -1.38. The van der Waals surface area contributed by atoms with Gasteiger partial charge in [0.2, 0.25) is 5.91 Å². The van der Waals surface area contributed by atoms with E-state index in [0.29, 0.717) is 6.54 Å². The lowest BCUT2D eigenvalue weighted by molar-refractivity contribution is -0.133. The van der Waals surface area contributed by atoms with E-state index in [2.05, 4.69) is 0 Å². The molecule has 1 aromatic carbocycles. The summed E-state index contributed by atoms with van der Waals surface area (Å²) in [6.45, 7) is 4.61. The van der Waals surface area contributed by atoms with Gasteiger partial charge < -0.3 is 4.90 Å². The van der Waals surface area contributed by atoms with Crippen LogP contribution < -0.4 is 0 Å². The number of hydrogen-bond donors (Lipinski definition) is 0. The number of carbonyl (C=O) groups is 1. The molecule has 1 unspecified atom stereocenters. The third-order valence-corrected chi connectivity index (χ3v) is 3.50. The van der Waals surface area contributed by atoms with Crippen molar-refractivity contribution in [1.29, 1.82) is 0 Å². The van der Waals surface area contributed by atoms with Crippen molar-refractivity contribution >= 4 is 5.91 Å². The first-order valence-corrected chi connectivity index (χ1v) is 5.44. The van der Waals surface area contributed by atoms with E-state index in [1.807, 2.05) is 20.9 Å². The first-order chi connectivity index (χ1) is 7.43. The summed E-state index contributed by atoms with van der Waals surface area (Å²) >= 11 is 0. The molecule has 0 aromatic heterocycles. The molecule has 1 saturated heterocycles. The van der Waals surface area contributed by atoms with Gasteiger partial charge in [0.1, 0.15) is 5.82 Å². The van der Waals surface area contributed by atoms with Gasteiger partial charge >= 0.3 is 0 Å². The van der Waals surface area contributed by atoms with Crippen LogP contribution in [0, 0.1) is 11.2 Å². The lowest BCUT2D eigenvalue weighted by Crippen LogP contribution is -2.28. The SMILES string of the molecule is CN1CC(c2ccc(F)cc2)C(C)(C)C1=O. The second-order valence-corrected chi connectivity index (χ2v) is 5.01. The minimum atomic E-state index is -0.396. The number of halogens is 1. The number of rotatable bonds is 1. The molecule has 0 saturated carbocycles. The van der Waals surface area contributed by atoms with Crippen LogP contribution in [0.5, 0.6) is 0 Å². The van der Waals surface area contributed by atoms with Gasteiger partial charge in [-0.1, -0.05) is 26.0 Å². The molecular weight excluding hydrogens is 205 g/mol. The summed E-state index contributed by atoms with van der Waals surface area (Å²) in [5, 5.41) is 0. The predicted molar refractivity (Wildman–Crippen MR) is 60.6 cm³/mol. The van der Waals surface area contributed by atoms with Crippen molar-refractivity contribution in [2.24, 2.45) is 5.41 Å². The highest BCUT2D eigenvalue weighted by Gasteiger charge is 2.46. The maximum absolute atomic E-state index is 12.8. The van der Waals surface area contributed by atoms with Crippen molar-refractivity contribution in [3.05, 3.63) is 35.6 Å². The smallest absolute Gasteiger partial charge is 0.228 e. The lowest BCUT2D eigenvalue weighted by atomic mass is 9.77. The molecule has 0 spiro atoms. The number of likely N-dealkylation sites (N-methyl/N-ethyl adjacent to an activating group) is 1. The number of likely N-dealkylation sites (tertiary alicyclic amines) is 1. The van der Waals surface area contributed by atoms with E-state index in [1.165, 1.54) is 12.1 Å². The Morgan fingerprint density at radius 1 is 1.31 bits per heavy atom. The fourth-order valence-electron chi connectivity index (χ4n) is 2.44. The van der Waals surface area contributed by atoms with E-state index < -0.39 is 5.41 Å². The van der Waals surface area contributed by atoms with Gasteiger partial charge in [0.25, 0.3) is 0 Å². The standard InChI is InChI=1S/C13H16FNO/c1-13(2)11(8-15(3)12(13)16)9-4-6-10(14)7-5-9/h4-7,11H,8H2,1-3H3. The van der Waals surface area contributed by atoms with Gasteiger partial charge in [-0.15, -0.1) is 0 Å². The molecule has 1 aliphatic rings. The summed E-state index contributed by atoms with van der Waals surface area (Å²) in [4.78, 5) is 13.7. The monoisotopic (exact) mass is 221 g/mol. The summed E-state index contributed by atoms with van der Waals surface area (Å²) < 4.78 is 12.8. The fraction of sp³-hybridized carbons (Fsp3) is 0.462. The molecule has 2 nitrogen and oxygen atoms in total. The molecule has 0 N–H and O–H groups in total. The molecule has 86 valence electrons. The van der Waals surface area contributed by atoms with Crippen LogP contribution in [0.15, 0.2) is 24.3 Å². The van der Waals surface area contributed by atoms with E-state index in [1.54, 1.807) is 17.0 Å². The van der Waals surface area contributed by atoms with Gasteiger partial charge in [-0.3, -0.25) is 4.79 Å². The van der Waals surface area contributed by atoms with Crippen LogP contribution in [0.1, 0.15) is 25.3 Å². The maximum atomic E-state index is 12.8. The molecular formula is C13H16FNO. The van der Waals surface area contributed by atoms with Gasteiger partial charge in [-0.2, -0.15) is 0 Å². The third-order valence-electron chi connectivity index (χ3n) is 3.50. The van der Waals surface area contributed by atoms with E-state index in [9.17, 15) is 9.18 Å². The molecule has 1 aromatic rings. The van der Waals surface area contributed by atoms with E-state index in [4.69, 9.17) is 0 Å². The molecule has 1 heterocycles. The second kappa shape index (κ2) is 3.58. The van der Waals surface area contributed by atoms with Crippen LogP contribution in [-0.4, -0.2) is 24.4 Å². The first-order valence-electron chi connectivity index (χ1n) is 5.44. The Morgan fingerprint density at radius 3 is 2.31 bits per heavy atom. The zero-order chi connectivity index (χ0) is 11.9. The Balaban J connectivity index is 2.35. The van der Waals surface area contributed by atoms with Crippen molar-refractivity contribution in [3.63, 3.8) is 0 Å². The van der Waals surface area contributed by atoms with Crippen LogP contribution in [0.2, 0.25) is 0 Å². The molecule has 1 atom stereocenters. The molecule has 1 fully saturated rings. The molecule has 0 bridgehead atoms. The normalized spacial score (nSPS) is 23.9. The molecule has 1 amide bonds. The van der Waals surface area contributed by atoms with Crippen molar-refractivity contribution in [2.45, 2.75) is 19.8 Å². The first kappa shape index (κ1) is 11.1. The highest BCUT2D eigenvalue weighted by molar-refractivity contribution is 5.85. The molecule has 0 radical (unpaired) electrons. The Kier molecular flexibility index (Phi) is 2.49. The van der Waals surface area contributed by atoms with Gasteiger partial charge in [-0.05, 0) is 17.7 Å². The Bertz CT molecular complexity index is 410. The van der Waals surface area contributed by atoms with Crippen LogP contribution in [0.25, 0.3) is 0 Å². The largest absolute Gasteiger partial charge is 0.345 e. The number of hydrogen-bond acceptors (Lipinski definition) is 1. The highest BCUT2D eigenvalue weighted by atomic mass is 19.1. The van der Waals surface area contributed by atoms with E-state index in [-0.39, 0.29) is 17.6 Å². The zero-order valence-electron chi connectivity index (χ0n) is 9.83. The van der Waals surface area contributed by atoms with Gasteiger partial charge in [0.15, 0.2) is 0 Å². The number of benzene rings is 1. The van der Waals surface area contributed by atoms with Crippen LogP contribution in [-0.2, 0) is 4.79 Å². The minimum Gasteiger partial charge on any atom is -0.345 e. The van der Waals surface area contributed by atoms with E-state index >= 15 is 0 Å². The molecule has 1 aliphatic heterocycles. The van der Waals surface area contributed by atoms with Crippen LogP contribution in [0.4, 0.5) is 4.39 Å². The molecule has 3 heteroatoms.